The molecule has 106 valence electrons. The smallest absolute Gasteiger partial charge is 0.0626 e. The third kappa shape index (κ3) is 3.78. The van der Waals surface area contributed by atoms with Gasteiger partial charge in [-0.25, -0.2) is 0 Å². The van der Waals surface area contributed by atoms with Gasteiger partial charge < -0.3 is 15.5 Å². The Bertz CT molecular complexity index is 360. The van der Waals surface area contributed by atoms with E-state index in [1.165, 1.54) is 19.3 Å². The fourth-order valence-electron chi connectivity index (χ4n) is 3.01. The van der Waals surface area contributed by atoms with Crippen molar-refractivity contribution in [1.82, 2.24) is 5.32 Å². The highest BCUT2D eigenvalue weighted by atomic mass is 16.3. The van der Waals surface area contributed by atoms with Crippen molar-refractivity contribution < 1.29 is 10.2 Å². The van der Waals surface area contributed by atoms with Gasteiger partial charge in [-0.2, -0.15) is 0 Å². The molecule has 0 radical (unpaired) electrons. The van der Waals surface area contributed by atoms with Crippen molar-refractivity contribution >= 4 is 0 Å². The maximum Gasteiger partial charge on any atom is 0.0626 e. The molecule has 0 heterocycles. The van der Waals surface area contributed by atoms with E-state index in [1.54, 1.807) is 0 Å². The largest absolute Gasteiger partial charge is 0.396 e. The second-order valence-corrected chi connectivity index (χ2v) is 5.75. The average Bonchev–Trinajstić information content (AvgIpc) is 2.50. The average molecular weight is 263 g/mol. The molecule has 0 aliphatic heterocycles. The molecule has 1 aliphatic carbocycles. The minimum Gasteiger partial charge on any atom is -0.396 e. The summed E-state index contributed by atoms with van der Waals surface area (Å²) in [5, 5.41) is 22.7. The van der Waals surface area contributed by atoms with Crippen molar-refractivity contribution in [1.29, 1.82) is 0 Å². The summed E-state index contributed by atoms with van der Waals surface area (Å²) in [6.45, 7) is 1.11. The van der Waals surface area contributed by atoms with Gasteiger partial charge in [-0.1, -0.05) is 49.6 Å². The summed E-state index contributed by atoms with van der Waals surface area (Å²) in [4.78, 5) is 0. The van der Waals surface area contributed by atoms with E-state index in [0.717, 1.165) is 24.9 Å². The Labute approximate surface area is 115 Å². The van der Waals surface area contributed by atoms with E-state index in [4.69, 9.17) is 0 Å². The molecule has 0 saturated heterocycles. The first-order valence-corrected chi connectivity index (χ1v) is 7.30. The molecule has 1 aromatic carbocycles. The molecule has 19 heavy (non-hydrogen) atoms. The van der Waals surface area contributed by atoms with E-state index in [0.29, 0.717) is 0 Å². The number of hydrogen-bond donors (Lipinski definition) is 3. The fraction of sp³-hybridized carbons (Fsp3) is 0.625. The van der Waals surface area contributed by atoms with Crippen molar-refractivity contribution in [3.05, 3.63) is 35.9 Å². The van der Waals surface area contributed by atoms with Crippen LogP contribution in [0, 0.1) is 5.41 Å². The summed E-state index contributed by atoms with van der Waals surface area (Å²) < 4.78 is 0. The molecule has 0 amide bonds. The second kappa shape index (κ2) is 7.04. The molecule has 0 aromatic heterocycles. The summed E-state index contributed by atoms with van der Waals surface area (Å²) in [5.74, 6) is 0. The van der Waals surface area contributed by atoms with Gasteiger partial charge in [-0.05, 0) is 18.4 Å². The van der Waals surface area contributed by atoms with E-state index in [9.17, 15) is 10.2 Å². The zero-order valence-electron chi connectivity index (χ0n) is 11.5. The molecule has 3 heteroatoms. The van der Waals surface area contributed by atoms with Crippen LogP contribution in [0.2, 0.25) is 0 Å². The van der Waals surface area contributed by atoms with Gasteiger partial charge in [-0.15, -0.1) is 0 Å². The molecular weight excluding hydrogens is 238 g/mol. The molecule has 0 bridgehead atoms. The van der Waals surface area contributed by atoms with Crippen LogP contribution in [0.4, 0.5) is 0 Å². The molecular formula is C16H25NO2. The van der Waals surface area contributed by atoms with Crippen LogP contribution < -0.4 is 5.32 Å². The van der Waals surface area contributed by atoms with Crippen LogP contribution >= 0.6 is 0 Å². The number of benzene rings is 1. The summed E-state index contributed by atoms with van der Waals surface area (Å²) >= 11 is 0. The van der Waals surface area contributed by atoms with Gasteiger partial charge >= 0.3 is 0 Å². The van der Waals surface area contributed by atoms with E-state index in [-0.39, 0.29) is 24.7 Å². The standard InChI is InChI=1S/C16H25NO2/c18-11-15(14-7-3-1-4-8-14)17-12-16(13-19)9-5-2-6-10-16/h1,3-4,7-8,15,17-19H,2,5-6,9-13H2/t15-/m0/s1. The molecule has 1 saturated carbocycles. The Balaban J connectivity index is 1.95. The summed E-state index contributed by atoms with van der Waals surface area (Å²) in [7, 11) is 0. The molecule has 0 unspecified atom stereocenters. The molecule has 1 aromatic rings. The zero-order valence-corrected chi connectivity index (χ0v) is 11.5. The first-order chi connectivity index (χ1) is 9.29. The van der Waals surface area contributed by atoms with Crippen LogP contribution in [0.3, 0.4) is 0 Å². The monoisotopic (exact) mass is 263 g/mol. The Morgan fingerprint density at radius 1 is 1.05 bits per heavy atom. The Morgan fingerprint density at radius 3 is 2.32 bits per heavy atom. The Morgan fingerprint density at radius 2 is 1.74 bits per heavy atom. The lowest BCUT2D eigenvalue weighted by Crippen LogP contribution is -2.41. The van der Waals surface area contributed by atoms with Crippen LogP contribution in [-0.4, -0.2) is 30.0 Å². The Hall–Kier alpha value is -0.900. The molecule has 3 N–H and O–H groups in total. The van der Waals surface area contributed by atoms with E-state index in [1.807, 2.05) is 30.3 Å². The van der Waals surface area contributed by atoms with Gasteiger partial charge in [-0.3, -0.25) is 0 Å². The van der Waals surface area contributed by atoms with Crippen LogP contribution in [0.15, 0.2) is 30.3 Å². The molecule has 1 aliphatic rings. The van der Waals surface area contributed by atoms with Crippen molar-refractivity contribution in [3.8, 4) is 0 Å². The molecule has 1 fully saturated rings. The van der Waals surface area contributed by atoms with Crippen LogP contribution in [0.25, 0.3) is 0 Å². The first-order valence-electron chi connectivity index (χ1n) is 7.30. The van der Waals surface area contributed by atoms with Gasteiger partial charge in [0.1, 0.15) is 0 Å². The summed E-state index contributed by atoms with van der Waals surface area (Å²) in [6.07, 6.45) is 5.87. The molecule has 3 nitrogen and oxygen atoms in total. The topological polar surface area (TPSA) is 52.5 Å². The van der Waals surface area contributed by atoms with Gasteiger partial charge in [0.25, 0.3) is 0 Å². The normalized spacial score (nSPS) is 20.1. The minimum absolute atomic E-state index is 0.0143. The molecule has 1 atom stereocenters. The van der Waals surface area contributed by atoms with Crippen LogP contribution in [0.5, 0.6) is 0 Å². The fourth-order valence-corrected chi connectivity index (χ4v) is 3.01. The Kier molecular flexibility index (Phi) is 5.37. The first kappa shape index (κ1) is 14.5. The predicted molar refractivity (Wildman–Crippen MR) is 76.9 cm³/mol. The van der Waals surface area contributed by atoms with Crippen molar-refractivity contribution in [2.24, 2.45) is 5.41 Å². The third-order valence-electron chi connectivity index (χ3n) is 4.36. The van der Waals surface area contributed by atoms with Gasteiger partial charge in [0.2, 0.25) is 0 Å². The van der Waals surface area contributed by atoms with E-state index < -0.39 is 0 Å². The number of nitrogens with one attached hydrogen (secondary N) is 1. The number of aliphatic hydroxyl groups excluding tert-OH is 2. The lowest BCUT2D eigenvalue weighted by molar-refractivity contribution is 0.0749. The van der Waals surface area contributed by atoms with Crippen molar-refractivity contribution in [2.75, 3.05) is 19.8 Å². The van der Waals surface area contributed by atoms with E-state index >= 15 is 0 Å². The second-order valence-electron chi connectivity index (χ2n) is 5.75. The van der Waals surface area contributed by atoms with Crippen molar-refractivity contribution in [2.45, 2.75) is 38.1 Å². The number of rotatable bonds is 6. The quantitative estimate of drug-likeness (QED) is 0.738. The van der Waals surface area contributed by atoms with Crippen LogP contribution in [-0.2, 0) is 0 Å². The highest BCUT2D eigenvalue weighted by molar-refractivity contribution is 5.19. The predicted octanol–water partition coefficient (Wildman–Crippen LogP) is 2.25. The van der Waals surface area contributed by atoms with Gasteiger partial charge in [0, 0.05) is 18.6 Å². The highest BCUT2D eigenvalue weighted by Crippen LogP contribution is 2.35. The molecule has 0 spiro atoms. The number of aliphatic hydroxyl groups is 2. The maximum atomic E-state index is 9.70. The summed E-state index contributed by atoms with van der Waals surface area (Å²) in [5.41, 5.74) is 1.12. The SMILES string of the molecule is OC[C@H](NCC1(CO)CCCCC1)c1ccccc1. The lowest BCUT2D eigenvalue weighted by atomic mass is 9.74. The van der Waals surface area contributed by atoms with Gasteiger partial charge in [0.15, 0.2) is 0 Å². The minimum atomic E-state index is -0.0356. The highest BCUT2D eigenvalue weighted by Gasteiger charge is 2.31. The zero-order chi connectivity index (χ0) is 13.6. The number of hydrogen-bond acceptors (Lipinski definition) is 3. The third-order valence-corrected chi connectivity index (χ3v) is 4.36. The lowest BCUT2D eigenvalue weighted by Gasteiger charge is -2.37. The molecule has 2 rings (SSSR count). The maximum absolute atomic E-state index is 9.70. The summed E-state index contributed by atoms with van der Waals surface area (Å²) in [6, 6.07) is 9.98. The van der Waals surface area contributed by atoms with E-state index in [2.05, 4.69) is 5.32 Å². The van der Waals surface area contributed by atoms with Gasteiger partial charge in [0.05, 0.1) is 12.6 Å². The van der Waals surface area contributed by atoms with Crippen molar-refractivity contribution in [3.63, 3.8) is 0 Å². The van der Waals surface area contributed by atoms with Crippen LogP contribution in [0.1, 0.15) is 43.7 Å².